The summed E-state index contributed by atoms with van der Waals surface area (Å²) in [4.78, 5) is 0. The Hall–Kier alpha value is 0.540. The molecule has 0 saturated carbocycles. The maximum Gasteiger partial charge on any atom is 0.0549 e. The summed E-state index contributed by atoms with van der Waals surface area (Å²) in [7, 11) is 1.73. The van der Waals surface area contributed by atoms with Crippen molar-refractivity contribution in [1.82, 2.24) is 0 Å². The van der Waals surface area contributed by atoms with E-state index in [4.69, 9.17) is 27.9 Å². The molecular formula is C11H22Cl2O. The third-order valence-corrected chi connectivity index (χ3v) is 3.66. The first kappa shape index (κ1) is 14.5. The average molecular weight is 241 g/mol. The van der Waals surface area contributed by atoms with Gasteiger partial charge in [-0.25, -0.2) is 0 Å². The highest BCUT2D eigenvalue weighted by molar-refractivity contribution is 6.21. The van der Waals surface area contributed by atoms with Gasteiger partial charge in [0.15, 0.2) is 0 Å². The number of ether oxygens (including phenoxy) is 1. The van der Waals surface area contributed by atoms with Crippen LogP contribution in [0.3, 0.4) is 0 Å². The Kier molecular flexibility index (Phi) is 7.19. The molecule has 1 nitrogen and oxygen atoms in total. The first-order valence-corrected chi connectivity index (χ1v) is 6.21. The van der Waals surface area contributed by atoms with Gasteiger partial charge in [-0.3, -0.25) is 0 Å². The van der Waals surface area contributed by atoms with E-state index >= 15 is 0 Å². The molecule has 0 bridgehead atoms. The van der Waals surface area contributed by atoms with Crippen molar-refractivity contribution in [3.8, 4) is 0 Å². The highest BCUT2D eigenvalue weighted by Gasteiger charge is 2.31. The summed E-state index contributed by atoms with van der Waals surface area (Å²) < 4.78 is 5.27. The summed E-state index contributed by atoms with van der Waals surface area (Å²) in [6, 6.07) is 0. The molecule has 1 atom stereocenters. The molecule has 0 aromatic heterocycles. The summed E-state index contributed by atoms with van der Waals surface area (Å²) in [6.45, 7) is 6.46. The maximum atomic E-state index is 6.03. The van der Waals surface area contributed by atoms with Crippen LogP contribution in [0.15, 0.2) is 0 Å². The second-order valence-corrected chi connectivity index (χ2v) is 5.15. The predicted molar refractivity (Wildman–Crippen MR) is 64.4 cm³/mol. The van der Waals surface area contributed by atoms with Crippen LogP contribution < -0.4 is 0 Å². The Morgan fingerprint density at radius 3 is 1.86 bits per heavy atom. The minimum absolute atomic E-state index is 0.0344. The van der Waals surface area contributed by atoms with E-state index in [0.717, 1.165) is 12.8 Å². The van der Waals surface area contributed by atoms with E-state index in [1.165, 1.54) is 0 Å². The highest BCUT2D eigenvalue weighted by Crippen LogP contribution is 2.35. The van der Waals surface area contributed by atoms with Crippen LogP contribution in [0.1, 0.15) is 33.6 Å². The number of hydrogen-bond donors (Lipinski definition) is 0. The van der Waals surface area contributed by atoms with E-state index in [2.05, 4.69) is 20.8 Å². The topological polar surface area (TPSA) is 9.23 Å². The molecule has 0 heterocycles. The summed E-state index contributed by atoms with van der Waals surface area (Å²) in [5.41, 5.74) is 0.0344. The van der Waals surface area contributed by atoms with Crippen molar-refractivity contribution in [2.75, 3.05) is 18.9 Å². The van der Waals surface area contributed by atoms with Gasteiger partial charge in [-0.2, -0.15) is 0 Å². The van der Waals surface area contributed by atoms with E-state index < -0.39 is 0 Å². The monoisotopic (exact) mass is 240 g/mol. The minimum Gasteiger partial charge on any atom is -0.382 e. The van der Waals surface area contributed by atoms with Crippen LogP contribution in [0, 0.1) is 11.3 Å². The number of halogens is 2. The van der Waals surface area contributed by atoms with E-state index in [9.17, 15) is 0 Å². The third-order valence-electron chi connectivity index (χ3n) is 2.53. The van der Waals surface area contributed by atoms with Gasteiger partial charge in [0.25, 0.3) is 0 Å². The van der Waals surface area contributed by atoms with Crippen molar-refractivity contribution in [1.29, 1.82) is 0 Å². The van der Waals surface area contributed by atoms with Crippen molar-refractivity contribution < 1.29 is 4.74 Å². The number of alkyl halides is 2. The maximum absolute atomic E-state index is 6.03. The zero-order valence-corrected chi connectivity index (χ0v) is 11.2. The lowest BCUT2D eigenvalue weighted by atomic mass is 9.79. The van der Waals surface area contributed by atoms with Gasteiger partial charge in [0.05, 0.1) is 6.10 Å². The van der Waals surface area contributed by atoms with Gasteiger partial charge in [-0.15, -0.1) is 23.2 Å². The minimum atomic E-state index is 0.0344. The van der Waals surface area contributed by atoms with Crippen LogP contribution in [0.25, 0.3) is 0 Å². The molecule has 0 rings (SSSR count). The fraction of sp³-hybridized carbons (Fsp3) is 1.00. The second kappa shape index (κ2) is 6.92. The molecule has 0 aliphatic rings. The third kappa shape index (κ3) is 4.86. The molecule has 1 unspecified atom stereocenters. The predicted octanol–water partition coefficient (Wildman–Crippen LogP) is 3.92. The van der Waals surface area contributed by atoms with Crippen LogP contribution in [0.2, 0.25) is 0 Å². The van der Waals surface area contributed by atoms with Crippen molar-refractivity contribution in [3.05, 3.63) is 0 Å². The van der Waals surface area contributed by atoms with Crippen LogP contribution in [-0.2, 0) is 4.74 Å². The molecule has 0 spiro atoms. The van der Waals surface area contributed by atoms with Gasteiger partial charge in [-0.05, 0) is 25.7 Å². The number of hydrogen-bond acceptors (Lipinski definition) is 1. The lowest BCUT2D eigenvalue weighted by Gasteiger charge is -2.33. The molecule has 0 N–H and O–H groups in total. The molecule has 0 aromatic carbocycles. The smallest absolute Gasteiger partial charge is 0.0549 e. The molecule has 0 aliphatic heterocycles. The molecule has 14 heavy (non-hydrogen) atoms. The Bertz CT molecular complexity index is 144. The molecule has 3 heteroatoms. The Morgan fingerprint density at radius 2 is 1.57 bits per heavy atom. The van der Waals surface area contributed by atoms with E-state index in [0.29, 0.717) is 17.7 Å². The molecule has 0 saturated heterocycles. The van der Waals surface area contributed by atoms with Crippen LogP contribution in [0.5, 0.6) is 0 Å². The Labute approximate surface area is 98.1 Å². The molecule has 0 aromatic rings. The number of rotatable bonds is 7. The summed E-state index contributed by atoms with van der Waals surface area (Å²) in [6.07, 6.45) is 2.23. The van der Waals surface area contributed by atoms with E-state index in [-0.39, 0.29) is 11.5 Å². The average Bonchev–Trinajstić information content (AvgIpc) is 2.15. The first-order valence-electron chi connectivity index (χ1n) is 5.14. The first-order chi connectivity index (χ1) is 6.49. The quantitative estimate of drug-likeness (QED) is 0.614. The fourth-order valence-electron chi connectivity index (χ4n) is 1.90. The van der Waals surface area contributed by atoms with Crippen LogP contribution in [0.4, 0.5) is 0 Å². The van der Waals surface area contributed by atoms with E-state index in [1.807, 2.05) is 0 Å². The lowest BCUT2D eigenvalue weighted by molar-refractivity contribution is 0.0707. The molecule has 0 amide bonds. The molecule has 0 aliphatic carbocycles. The lowest BCUT2D eigenvalue weighted by Crippen LogP contribution is -2.31. The highest BCUT2D eigenvalue weighted by atomic mass is 35.5. The van der Waals surface area contributed by atoms with Gasteiger partial charge < -0.3 is 4.74 Å². The van der Waals surface area contributed by atoms with Gasteiger partial charge in [0.2, 0.25) is 0 Å². The standard InChI is InChI=1S/C11H22Cl2O/c1-9(2)5-11(7-12,8-13)6-10(3)14-4/h9-10H,5-8H2,1-4H3. The summed E-state index contributed by atoms with van der Waals surface area (Å²) in [5, 5.41) is 0. The normalized spacial score (nSPS) is 14.8. The van der Waals surface area contributed by atoms with Gasteiger partial charge in [-0.1, -0.05) is 13.8 Å². The summed E-state index contributed by atoms with van der Waals surface area (Å²) >= 11 is 12.1. The zero-order valence-electron chi connectivity index (χ0n) is 9.65. The summed E-state index contributed by atoms with van der Waals surface area (Å²) in [5.74, 6) is 1.85. The van der Waals surface area contributed by atoms with Crippen LogP contribution >= 0.6 is 23.2 Å². The Balaban J connectivity index is 4.36. The second-order valence-electron chi connectivity index (χ2n) is 4.62. The number of methoxy groups -OCH3 is 1. The fourth-order valence-corrected chi connectivity index (χ4v) is 2.62. The van der Waals surface area contributed by atoms with Crippen molar-refractivity contribution >= 4 is 23.2 Å². The molecule has 0 radical (unpaired) electrons. The van der Waals surface area contributed by atoms with Crippen molar-refractivity contribution in [2.24, 2.45) is 11.3 Å². The molecule has 0 fully saturated rings. The SMILES string of the molecule is COC(C)CC(CCl)(CCl)CC(C)C. The van der Waals surface area contributed by atoms with Crippen molar-refractivity contribution in [3.63, 3.8) is 0 Å². The zero-order chi connectivity index (χ0) is 11.2. The molecular weight excluding hydrogens is 219 g/mol. The largest absolute Gasteiger partial charge is 0.382 e. The van der Waals surface area contributed by atoms with Gasteiger partial charge >= 0.3 is 0 Å². The van der Waals surface area contributed by atoms with Crippen LogP contribution in [-0.4, -0.2) is 25.0 Å². The molecule has 86 valence electrons. The van der Waals surface area contributed by atoms with E-state index in [1.54, 1.807) is 7.11 Å². The van der Waals surface area contributed by atoms with Gasteiger partial charge in [0, 0.05) is 24.3 Å². The Morgan fingerprint density at radius 1 is 1.07 bits per heavy atom. The van der Waals surface area contributed by atoms with Crippen molar-refractivity contribution in [2.45, 2.75) is 39.7 Å². The van der Waals surface area contributed by atoms with Gasteiger partial charge in [0.1, 0.15) is 0 Å².